The topological polar surface area (TPSA) is 99.2 Å². The fourth-order valence-electron chi connectivity index (χ4n) is 2.91. The van der Waals surface area contributed by atoms with Gasteiger partial charge in [0.1, 0.15) is 6.61 Å². The molecule has 1 fully saturated rings. The molecule has 1 aromatic carbocycles. The van der Waals surface area contributed by atoms with Crippen molar-refractivity contribution in [3.63, 3.8) is 0 Å². The minimum absolute atomic E-state index is 0.0403. The van der Waals surface area contributed by atoms with Gasteiger partial charge >= 0.3 is 0 Å². The molecule has 1 saturated heterocycles. The standard InChI is InChI=1S/C19H20ClN3O5S2/c20-16-6-5-15(30-16)18(26)21-9-14(24)10-23(19(27)29)13-3-1-12(2-4-13)22-7-8-28-11-17(22)25/h1-6,14,24H,7-11H2,(H,21,26)(H,27,29). The third kappa shape index (κ3) is 5.73. The van der Waals surface area contributed by atoms with Crippen molar-refractivity contribution in [2.24, 2.45) is 0 Å². The van der Waals surface area contributed by atoms with E-state index in [4.69, 9.17) is 16.3 Å². The van der Waals surface area contributed by atoms with Crippen molar-refractivity contribution in [1.82, 2.24) is 5.32 Å². The van der Waals surface area contributed by atoms with E-state index in [1.54, 1.807) is 41.3 Å². The molecule has 30 heavy (non-hydrogen) atoms. The van der Waals surface area contributed by atoms with E-state index in [1.165, 1.54) is 4.90 Å². The van der Waals surface area contributed by atoms with Gasteiger partial charge in [0, 0.05) is 24.5 Å². The van der Waals surface area contributed by atoms with E-state index in [9.17, 15) is 19.5 Å². The lowest BCUT2D eigenvalue weighted by atomic mass is 10.2. The first-order valence-corrected chi connectivity index (χ1v) is 10.7. The summed E-state index contributed by atoms with van der Waals surface area (Å²) in [4.78, 5) is 39.3. The SMILES string of the molecule is O=C(NCC(O)CN(C(=O)S)c1ccc(N2CCOCC2=O)cc1)c1ccc(Cl)s1. The number of benzene rings is 1. The molecule has 2 aromatic rings. The maximum absolute atomic E-state index is 12.1. The second-order valence-electron chi connectivity index (χ2n) is 6.48. The van der Waals surface area contributed by atoms with Crippen molar-refractivity contribution in [3.8, 4) is 0 Å². The van der Waals surface area contributed by atoms with Crippen LogP contribution in [0.1, 0.15) is 9.67 Å². The van der Waals surface area contributed by atoms with E-state index >= 15 is 0 Å². The summed E-state index contributed by atoms with van der Waals surface area (Å²) in [7, 11) is 0. The van der Waals surface area contributed by atoms with Gasteiger partial charge in [-0.1, -0.05) is 24.2 Å². The van der Waals surface area contributed by atoms with E-state index in [0.29, 0.717) is 33.7 Å². The van der Waals surface area contributed by atoms with Gasteiger partial charge in [-0.15, -0.1) is 11.3 Å². The normalized spacial score (nSPS) is 15.0. The molecular formula is C19H20ClN3O5S2. The highest BCUT2D eigenvalue weighted by atomic mass is 35.5. The van der Waals surface area contributed by atoms with Crippen LogP contribution in [0.15, 0.2) is 36.4 Å². The lowest BCUT2D eigenvalue weighted by Crippen LogP contribution is -2.42. The molecular weight excluding hydrogens is 450 g/mol. The van der Waals surface area contributed by atoms with Gasteiger partial charge in [-0.3, -0.25) is 14.4 Å². The molecule has 0 bridgehead atoms. The van der Waals surface area contributed by atoms with Gasteiger partial charge in [0.05, 0.1) is 28.5 Å². The Morgan fingerprint density at radius 3 is 2.63 bits per heavy atom. The number of hydrogen-bond acceptors (Lipinski definition) is 6. The summed E-state index contributed by atoms with van der Waals surface area (Å²) < 4.78 is 5.62. The number of aliphatic hydroxyl groups is 1. The number of carbonyl (C=O) groups excluding carboxylic acids is 3. The second-order valence-corrected chi connectivity index (χ2v) is 8.57. The molecule has 1 aromatic heterocycles. The Kier molecular flexibility index (Phi) is 7.73. The van der Waals surface area contributed by atoms with Crippen LogP contribution in [0.4, 0.5) is 16.2 Å². The third-order valence-electron chi connectivity index (χ3n) is 4.38. The number of halogens is 1. The summed E-state index contributed by atoms with van der Waals surface area (Å²) in [5, 5.41) is 12.3. The molecule has 3 rings (SSSR count). The van der Waals surface area contributed by atoms with E-state index in [0.717, 1.165) is 11.3 Å². The number of anilines is 2. The smallest absolute Gasteiger partial charge is 0.283 e. The number of carbonyl (C=O) groups is 3. The molecule has 1 atom stereocenters. The molecule has 0 spiro atoms. The van der Waals surface area contributed by atoms with Crippen LogP contribution in [0.5, 0.6) is 0 Å². The largest absolute Gasteiger partial charge is 0.389 e. The summed E-state index contributed by atoms with van der Waals surface area (Å²) in [5.74, 6) is -0.483. The van der Waals surface area contributed by atoms with Crippen LogP contribution in [0, 0.1) is 0 Å². The maximum atomic E-state index is 12.1. The molecule has 0 saturated carbocycles. The van der Waals surface area contributed by atoms with Crippen LogP contribution in [0.25, 0.3) is 0 Å². The van der Waals surface area contributed by atoms with Gasteiger partial charge in [-0.05, 0) is 36.4 Å². The summed E-state index contributed by atoms with van der Waals surface area (Å²) >= 11 is 10.8. The number of hydrogen-bond donors (Lipinski definition) is 3. The Bertz CT molecular complexity index is 921. The maximum Gasteiger partial charge on any atom is 0.283 e. The minimum Gasteiger partial charge on any atom is -0.389 e. The lowest BCUT2D eigenvalue weighted by Gasteiger charge is -2.28. The van der Waals surface area contributed by atoms with E-state index in [1.807, 2.05) is 0 Å². The van der Waals surface area contributed by atoms with Crippen molar-refractivity contribution < 1.29 is 24.2 Å². The average molecular weight is 470 g/mol. The van der Waals surface area contributed by atoms with Crippen molar-refractivity contribution in [2.75, 3.05) is 42.6 Å². The van der Waals surface area contributed by atoms with Crippen molar-refractivity contribution in [1.29, 1.82) is 0 Å². The van der Waals surface area contributed by atoms with E-state index in [2.05, 4.69) is 17.9 Å². The highest BCUT2D eigenvalue weighted by Crippen LogP contribution is 2.24. The van der Waals surface area contributed by atoms with Gasteiger partial charge in [0.2, 0.25) is 0 Å². The number of thiophene rings is 1. The van der Waals surface area contributed by atoms with Gasteiger partial charge < -0.3 is 25.0 Å². The molecule has 1 unspecified atom stereocenters. The first kappa shape index (κ1) is 22.6. The fraction of sp³-hybridized carbons (Fsp3) is 0.316. The molecule has 11 heteroatoms. The Hall–Kier alpha value is -2.11. The number of amides is 3. The zero-order valence-electron chi connectivity index (χ0n) is 15.8. The molecule has 8 nitrogen and oxygen atoms in total. The minimum atomic E-state index is -1.01. The summed E-state index contributed by atoms with van der Waals surface area (Å²) in [5.41, 5.74) is 1.20. The van der Waals surface area contributed by atoms with Gasteiger partial charge in [0.15, 0.2) is 0 Å². The molecule has 160 valence electrons. The van der Waals surface area contributed by atoms with Crippen LogP contribution in [-0.2, 0) is 9.53 Å². The van der Waals surface area contributed by atoms with Crippen molar-refractivity contribution in [3.05, 3.63) is 45.6 Å². The lowest BCUT2D eigenvalue weighted by molar-refractivity contribution is -0.125. The Morgan fingerprint density at radius 1 is 1.30 bits per heavy atom. The number of nitrogens with one attached hydrogen (secondary N) is 1. The molecule has 0 aliphatic carbocycles. The van der Waals surface area contributed by atoms with E-state index in [-0.39, 0.29) is 31.5 Å². The van der Waals surface area contributed by atoms with Crippen LogP contribution < -0.4 is 15.1 Å². The van der Waals surface area contributed by atoms with E-state index < -0.39 is 11.3 Å². The number of aliphatic hydroxyl groups excluding tert-OH is 1. The third-order valence-corrected chi connectivity index (χ3v) is 5.85. The Morgan fingerprint density at radius 2 is 2.03 bits per heavy atom. The zero-order valence-corrected chi connectivity index (χ0v) is 18.3. The zero-order chi connectivity index (χ0) is 21.7. The fourth-order valence-corrected chi connectivity index (χ4v) is 4.06. The Balaban J connectivity index is 1.60. The van der Waals surface area contributed by atoms with Crippen molar-refractivity contribution in [2.45, 2.75) is 6.10 Å². The second kappa shape index (κ2) is 10.3. The summed E-state index contributed by atoms with van der Waals surface area (Å²) in [6.45, 7) is 0.847. The number of thiol groups is 1. The first-order valence-electron chi connectivity index (χ1n) is 9.05. The highest BCUT2D eigenvalue weighted by molar-refractivity contribution is 7.96. The monoisotopic (exact) mass is 469 g/mol. The molecule has 1 aliphatic rings. The van der Waals surface area contributed by atoms with Crippen LogP contribution in [-0.4, -0.2) is 61.1 Å². The number of ether oxygens (including phenoxy) is 1. The van der Waals surface area contributed by atoms with Gasteiger partial charge in [0.25, 0.3) is 17.1 Å². The molecule has 2 heterocycles. The molecule has 1 aliphatic heterocycles. The Labute approximate surface area is 187 Å². The quantitative estimate of drug-likeness (QED) is 0.541. The van der Waals surface area contributed by atoms with Crippen molar-refractivity contribution >= 4 is 64.0 Å². The number of nitrogens with zero attached hydrogens (tertiary/aromatic N) is 2. The average Bonchev–Trinajstić information content (AvgIpc) is 3.17. The van der Waals surface area contributed by atoms with Crippen LogP contribution in [0.3, 0.4) is 0 Å². The number of rotatable bonds is 7. The van der Waals surface area contributed by atoms with Crippen LogP contribution >= 0.6 is 35.6 Å². The molecule has 3 amide bonds. The highest BCUT2D eigenvalue weighted by Gasteiger charge is 2.22. The molecule has 2 N–H and O–H groups in total. The summed E-state index contributed by atoms with van der Waals surface area (Å²) in [6.07, 6.45) is -1.01. The predicted octanol–water partition coefficient (Wildman–Crippen LogP) is 2.41. The first-order chi connectivity index (χ1) is 14.3. The summed E-state index contributed by atoms with van der Waals surface area (Å²) in [6, 6.07) is 10.00. The molecule has 0 radical (unpaired) electrons. The predicted molar refractivity (Wildman–Crippen MR) is 119 cm³/mol. The number of morpholine rings is 1. The van der Waals surface area contributed by atoms with Gasteiger partial charge in [-0.25, -0.2) is 0 Å². The van der Waals surface area contributed by atoms with Crippen LogP contribution in [0.2, 0.25) is 4.34 Å². The van der Waals surface area contributed by atoms with Gasteiger partial charge in [-0.2, -0.15) is 0 Å².